The molecule has 0 radical (unpaired) electrons. The van der Waals surface area contributed by atoms with Gasteiger partial charge >= 0.3 is 0 Å². The fourth-order valence-corrected chi connectivity index (χ4v) is 1.42. The molecule has 0 aliphatic carbocycles. The Morgan fingerprint density at radius 3 is 2.65 bits per heavy atom. The number of carbonyl (C=O) groups excluding carboxylic acids is 2. The summed E-state index contributed by atoms with van der Waals surface area (Å²) in [5.74, 6) is -0.641. The van der Waals surface area contributed by atoms with Gasteiger partial charge in [0, 0.05) is 17.2 Å². The Morgan fingerprint density at radius 1 is 1.35 bits per heavy atom. The average molecular weight is 274 g/mol. The van der Waals surface area contributed by atoms with Crippen LogP contribution in [0.1, 0.15) is 31.1 Å². The molecule has 7 nitrogen and oxygen atoms in total. The number of nitrogens with one attached hydrogen (secondary N) is 1. The Labute approximate surface area is 115 Å². The van der Waals surface area contributed by atoms with Crippen LogP contribution in [0, 0.1) is 5.41 Å². The Kier molecular flexibility index (Phi) is 3.35. The lowest BCUT2D eigenvalue weighted by Gasteiger charge is -2.16. The second kappa shape index (κ2) is 4.84. The van der Waals surface area contributed by atoms with Gasteiger partial charge in [-0.2, -0.15) is 9.97 Å². The van der Waals surface area contributed by atoms with E-state index in [1.165, 1.54) is 12.3 Å². The molecule has 0 spiro atoms. The zero-order valence-electron chi connectivity index (χ0n) is 11.3. The molecule has 7 heteroatoms. The number of fused-ring (bicyclic) bond motifs is 1. The highest BCUT2D eigenvalue weighted by Gasteiger charge is 2.22. The number of carbonyl (C=O) groups is 2. The zero-order valence-corrected chi connectivity index (χ0v) is 11.3. The number of aromatic nitrogens is 3. The van der Waals surface area contributed by atoms with E-state index in [-0.39, 0.29) is 28.8 Å². The molecule has 0 unspecified atom stereocenters. The molecular formula is C13H14N4O3. The maximum atomic E-state index is 11.8. The van der Waals surface area contributed by atoms with Crippen molar-refractivity contribution in [2.75, 3.05) is 5.32 Å². The number of amides is 1. The number of aldehydes is 1. The first-order valence-electron chi connectivity index (χ1n) is 5.94. The van der Waals surface area contributed by atoms with E-state index in [0.29, 0.717) is 11.8 Å². The van der Waals surface area contributed by atoms with Crippen molar-refractivity contribution in [1.82, 2.24) is 15.0 Å². The number of rotatable bonds is 2. The van der Waals surface area contributed by atoms with Gasteiger partial charge in [0.2, 0.25) is 17.7 Å². The van der Waals surface area contributed by atoms with E-state index in [0.717, 1.165) is 0 Å². The van der Waals surface area contributed by atoms with Crippen LogP contribution in [-0.4, -0.2) is 32.3 Å². The van der Waals surface area contributed by atoms with Crippen LogP contribution < -0.4 is 5.32 Å². The Balaban J connectivity index is 2.43. The summed E-state index contributed by atoms with van der Waals surface area (Å²) in [7, 11) is 0. The first-order valence-corrected chi connectivity index (χ1v) is 5.94. The van der Waals surface area contributed by atoms with Crippen molar-refractivity contribution in [3.63, 3.8) is 0 Å². The van der Waals surface area contributed by atoms with Gasteiger partial charge < -0.3 is 5.11 Å². The van der Waals surface area contributed by atoms with Gasteiger partial charge in [-0.05, 0) is 6.07 Å². The van der Waals surface area contributed by atoms with Crippen molar-refractivity contribution in [2.45, 2.75) is 20.8 Å². The van der Waals surface area contributed by atoms with Crippen LogP contribution in [-0.2, 0) is 4.79 Å². The van der Waals surface area contributed by atoms with Crippen molar-refractivity contribution < 1.29 is 14.7 Å². The predicted molar refractivity (Wildman–Crippen MR) is 72.5 cm³/mol. The molecule has 0 fully saturated rings. The largest absolute Gasteiger partial charge is 0.493 e. The van der Waals surface area contributed by atoms with Crippen molar-refractivity contribution in [3.05, 3.63) is 17.8 Å². The molecule has 0 bridgehead atoms. The van der Waals surface area contributed by atoms with Gasteiger partial charge in [0.1, 0.15) is 0 Å². The Bertz CT molecular complexity index is 692. The molecule has 1 amide bonds. The van der Waals surface area contributed by atoms with Crippen LogP contribution in [0.5, 0.6) is 5.88 Å². The number of aromatic hydroxyl groups is 1. The molecule has 2 N–H and O–H groups in total. The normalized spacial score (nSPS) is 11.3. The minimum atomic E-state index is -0.608. The summed E-state index contributed by atoms with van der Waals surface area (Å²) < 4.78 is 0. The molecule has 2 aromatic heterocycles. The quantitative estimate of drug-likeness (QED) is 0.804. The summed E-state index contributed by atoms with van der Waals surface area (Å²) in [5, 5.41) is 12.6. The van der Waals surface area contributed by atoms with E-state index in [2.05, 4.69) is 20.3 Å². The van der Waals surface area contributed by atoms with E-state index in [1.807, 2.05) is 0 Å². The summed E-state index contributed by atoms with van der Waals surface area (Å²) in [5.41, 5.74) is -0.0990. The topological polar surface area (TPSA) is 105 Å². The molecule has 0 saturated heterocycles. The lowest BCUT2D eigenvalue weighted by Crippen LogP contribution is -2.28. The van der Waals surface area contributed by atoms with Gasteiger partial charge in [0.05, 0.1) is 5.39 Å². The van der Waals surface area contributed by atoms with Crippen LogP contribution in [0.4, 0.5) is 5.95 Å². The van der Waals surface area contributed by atoms with Gasteiger partial charge in [-0.3, -0.25) is 14.9 Å². The van der Waals surface area contributed by atoms with Crippen LogP contribution in [0.25, 0.3) is 11.0 Å². The molecule has 2 heterocycles. The minimum absolute atomic E-state index is 0.0266. The third kappa shape index (κ3) is 2.71. The zero-order chi connectivity index (χ0) is 14.9. The summed E-state index contributed by atoms with van der Waals surface area (Å²) in [6, 6.07) is 1.43. The lowest BCUT2D eigenvalue weighted by atomic mass is 9.96. The summed E-state index contributed by atoms with van der Waals surface area (Å²) >= 11 is 0. The van der Waals surface area contributed by atoms with Crippen LogP contribution in [0.15, 0.2) is 12.3 Å². The van der Waals surface area contributed by atoms with E-state index in [9.17, 15) is 14.7 Å². The third-order valence-electron chi connectivity index (χ3n) is 2.59. The van der Waals surface area contributed by atoms with Crippen LogP contribution in [0.2, 0.25) is 0 Å². The summed E-state index contributed by atoms with van der Waals surface area (Å²) in [6.45, 7) is 5.24. The summed E-state index contributed by atoms with van der Waals surface area (Å²) in [4.78, 5) is 34.3. The van der Waals surface area contributed by atoms with Crippen LogP contribution in [0.3, 0.4) is 0 Å². The molecule has 104 valence electrons. The monoisotopic (exact) mass is 274 g/mol. The molecule has 0 atom stereocenters. The van der Waals surface area contributed by atoms with Gasteiger partial charge in [-0.25, -0.2) is 4.98 Å². The first kappa shape index (κ1) is 13.9. The fraction of sp³-hybridized carbons (Fsp3) is 0.308. The maximum absolute atomic E-state index is 11.8. The molecule has 0 aliphatic rings. The maximum Gasteiger partial charge on any atom is 0.234 e. The second-order valence-electron chi connectivity index (χ2n) is 5.33. The summed E-state index contributed by atoms with van der Waals surface area (Å²) in [6.07, 6.45) is 1.94. The van der Waals surface area contributed by atoms with E-state index < -0.39 is 5.41 Å². The molecule has 0 aliphatic heterocycles. The van der Waals surface area contributed by atoms with E-state index >= 15 is 0 Å². The predicted octanol–water partition coefficient (Wildman–Crippen LogP) is 1.53. The lowest BCUT2D eigenvalue weighted by molar-refractivity contribution is -0.123. The molecule has 0 aromatic carbocycles. The highest BCUT2D eigenvalue weighted by molar-refractivity contribution is 5.94. The number of nitrogens with zero attached hydrogens (tertiary/aromatic N) is 3. The smallest absolute Gasteiger partial charge is 0.234 e. The molecule has 20 heavy (non-hydrogen) atoms. The molecule has 0 saturated carbocycles. The van der Waals surface area contributed by atoms with Crippen LogP contribution >= 0.6 is 0 Å². The SMILES string of the molecule is CC(C)(C)C(=O)Nc1nc(O)c2cc(C=O)cnc2n1. The molecule has 2 aromatic rings. The molecular weight excluding hydrogens is 260 g/mol. The van der Waals surface area contributed by atoms with Gasteiger partial charge in [0.15, 0.2) is 11.9 Å². The average Bonchev–Trinajstić information content (AvgIpc) is 2.37. The first-order chi connectivity index (χ1) is 9.31. The molecule has 2 rings (SSSR count). The number of hydrogen-bond acceptors (Lipinski definition) is 6. The Morgan fingerprint density at radius 2 is 2.05 bits per heavy atom. The number of pyridine rings is 1. The van der Waals surface area contributed by atoms with Crippen molar-refractivity contribution in [1.29, 1.82) is 0 Å². The third-order valence-corrected chi connectivity index (χ3v) is 2.59. The van der Waals surface area contributed by atoms with E-state index in [1.54, 1.807) is 20.8 Å². The standard InChI is InChI=1S/C13H14N4O3/c1-13(2,3)11(20)17-12-15-9-8(10(19)16-12)4-7(6-18)5-14-9/h4-6H,1-3H3,(H2,14,15,16,17,19,20). The second-order valence-corrected chi connectivity index (χ2v) is 5.33. The number of hydrogen-bond donors (Lipinski definition) is 2. The highest BCUT2D eigenvalue weighted by Crippen LogP contribution is 2.23. The number of anilines is 1. The van der Waals surface area contributed by atoms with Crippen molar-refractivity contribution in [2.24, 2.45) is 5.41 Å². The fourth-order valence-electron chi connectivity index (χ4n) is 1.42. The van der Waals surface area contributed by atoms with E-state index in [4.69, 9.17) is 0 Å². The van der Waals surface area contributed by atoms with Crippen molar-refractivity contribution in [3.8, 4) is 5.88 Å². The van der Waals surface area contributed by atoms with Gasteiger partial charge in [0.25, 0.3) is 0 Å². The Hall–Kier alpha value is -2.57. The van der Waals surface area contributed by atoms with Gasteiger partial charge in [-0.15, -0.1) is 0 Å². The highest BCUT2D eigenvalue weighted by atomic mass is 16.3. The van der Waals surface area contributed by atoms with Gasteiger partial charge in [-0.1, -0.05) is 20.8 Å². The minimum Gasteiger partial charge on any atom is -0.493 e. The van der Waals surface area contributed by atoms with Crippen molar-refractivity contribution >= 4 is 29.2 Å².